The number of aromatic amines is 1. The van der Waals surface area contributed by atoms with Crippen LogP contribution in [0.15, 0.2) is 53.3 Å². The van der Waals surface area contributed by atoms with E-state index in [2.05, 4.69) is 22.1 Å². The van der Waals surface area contributed by atoms with E-state index in [0.29, 0.717) is 22.8 Å². The van der Waals surface area contributed by atoms with Crippen LogP contribution < -0.4 is 10.9 Å². The van der Waals surface area contributed by atoms with Gasteiger partial charge < -0.3 is 15.2 Å². The van der Waals surface area contributed by atoms with Crippen molar-refractivity contribution in [3.63, 3.8) is 0 Å². The average Bonchev–Trinajstić information content (AvgIpc) is 3.23. The van der Waals surface area contributed by atoms with Crippen molar-refractivity contribution in [3.05, 3.63) is 75.0 Å². The van der Waals surface area contributed by atoms with Crippen LogP contribution in [0.3, 0.4) is 0 Å². The maximum absolute atomic E-state index is 13.3. The summed E-state index contributed by atoms with van der Waals surface area (Å²) in [5, 5.41) is 4.54. The Morgan fingerprint density at radius 3 is 2.78 bits per heavy atom. The number of hydrogen-bond donors (Lipinski definition) is 2. The van der Waals surface area contributed by atoms with E-state index in [1.165, 1.54) is 0 Å². The number of nitrogens with one attached hydrogen (secondary N) is 2. The number of H-pyrrole nitrogens is 1. The Balaban J connectivity index is 1.61. The number of nitrogens with zero attached hydrogens (tertiary/aromatic N) is 2. The number of urea groups is 1. The minimum Gasteiger partial charge on any atom is -0.321 e. The maximum Gasteiger partial charge on any atom is 0.322 e. The highest BCUT2D eigenvalue weighted by Crippen LogP contribution is 2.21. The molecule has 0 unspecified atom stereocenters. The highest BCUT2D eigenvalue weighted by Gasteiger charge is 2.28. The van der Waals surface area contributed by atoms with Crippen LogP contribution in [0.1, 0.15) is 30.9 Å². The van der Waals surface area contributed by atoms with Crippen molar-refractivity contribution in [2.45, 2.75) is 39.3 Å². The van der Waals surface area contributed by atoms with Crippen LogP contribution in [0, 0.1) is 6.92 Å². The Morgan fingerprint density at radius 2 is 2.03 bits per heavy atom. The highest BCUT2D eigenvalue weighted by atomic mass is 35.5. The van der Waals surface area contributed by atoms with E-state index >= 15 is 0 Å². The molecule has 2 amide bonds. The molecule has 1 aromatic heterocycles. The summed E-state index contributed by atoms with van der Waals surface area (Å²) in [6.07, 6.45) is 2.17. The van der Waals surface area contributed by atoms with Gasteiger partial charge in [0.1, 0.15) is 0 Å². The molecule has 168 valence electrons. The Bertz CT molecular complexity index is 1160. The standard InChI is InChI=1S/C25H29ClN4O2/c1-3-29-13-5-8-22(29)16-30(25(32)27-21-11-9-20(26)10-12-21)15-19-14-18-7-4-6-17(2)23(18)28-24(19)31/h4,6-7,9-12,14,22H,3,5,8,13,15-16H2,1-2H3,(H,27,32)(H,28,31)/t22-/m0/s1. The van der Waals surface area contributed by atoms with E-state index < -0.39 is 0 Å². The molecule has 1 fully saturated rings. The first kappa shape index (κ1) is 22.4. The summed E-state index contributed by atoms with van der Waals surface area (Å²) in [6, 6.07) is 14.9. The Labute approximate surface area is 193 Å². The number of pyridine rings is 1. The predicted molar refractivity (Wildman–Crippen MR) is 130 cm³/mol. The zero-order valence-electron chi connectivity index (χ0n) is 18.5. The molecule has 1 aliphatic rings. The number of halogens is 1. The van der Waals surface area contributed by atoms with E-state index in [0.717, 1.165) is 42.4 Å². The van der Waals surface area contributed by atoms with Gasteiger partial charge in [0.05, 0.1) is 12.1 Å². The summed E-state index contributed by atoms with van der Waals surface area (Å²) in [5.41, 5.74) is 2.95. The molecule has 7 heteroatoms. The van der Waals surface area contributed by atoms with Crippen LogP contribution in [0.25, 0.3) is 10.9 Å². The van der Waals surface area contributed by atoms with Crippen LogP contribution in [0.4, 0.5) is 10.5 Å². The van der Waals surface area contributed by atoms with Gasteiger partial charge in [-0.25, -0.2) is 4.79 Å². The number of benzene rings is 2. The van der Waals surface area contributed by atoms with Crippen LogP contribution in [0.5, 0.6) is 0 Å². The number of para-hydroxylation sites is 1. The fourth-order valence-corrected chi connectivity index (χ4v) is 4.61. The highest BCUT2D eigenvalue weighted by molar-refractivity contribution is 6.30. The van der Waals surface area contributed by atoms with Crippen molar-refractivity contribution < 1.29 is 4.79 Å². The van der Waals surface area contributed by atoms with Gasteiger partial charge in [-0.1, -0.05) is 36.7 Å². The molecule has 1 aliphatic heterocycles. The minimum absolute atomic E-state index is 0.158. The average molecular weight is 453 g/mol. The second kappa shape index (κ2) is 9.76. The van der Waals surface area contributed by atoms with Gasteiger partial charge in [-0.2, -0.15) is 0 Å². The van der Waals surface area contributed by atoms with Gasteiger partial charge in [-0.05, 0) is 74.1 Å². The zero-order valence-corrected chi connectivity index (χ0v) is 19.3. The summed E-state index contributed by atoms with van der Waals surface area (Å²) in [7, 11) is 0. The monoisotopic (exact) mass is 452 g/mol. The van der Waals surface area contributed by atoms with Gasteiger partial charge in [-0.15, -0.1) is 0 Å². The quantitative estimate of drug-likeness (QED) is 0.552. The van der Waals surface area contributed by atoms with E-state index in [1.807, 2.05) is 31.2 Å². The molecular weight excluding hydrogens is 424 g/mol. The summed E-state index contributed by atoms with van der Waals surface area (Å²) in [5.74, 6) is 0. The van der Waals surface area contributed by atoms with Crippen molar-refractivity contribution >= 4 is 34.2 Å². The van der Waals surface area contributed by atoms with Crippen molar-refractivity contribution in [2.24, 2.45) is 0 Å². The largest absolute Gasteiger partial charge is 0.322 e. The van der Waals surface area contributed by atoms with Crippen LogP contribution >= 0.6 is 11.6 Å². The number of fused-ring (bicyclic) bond motifs is 1. The van der Waals surface area contributed by atoms with E-state index in [1.54, 1.807) is 29.2 Å². The molecule has 0 saturated carbocycles. The fraction of sp³-hybridized carbons (Fsp3) is 0.360. The number of aromatic nitrogens is 1. The molecular formula is C25H29ClN4O2. The summed E-state index contributed by atoms with van der Waals surface area (Å²) >= 11 is 5.97. The molecule has 3 aromatic rings. The van der Waals surface area contributed by atoms with Crippen LogP contribution in [-0.4, -0.2) is 46.5 Å². The molecule has 0 aliphatic carbocycles. The SMILES string of the molecule is CCN1CCC[C@H]1CN(Cc1cc2cccc(C)c2[nH]c1=O)C(=O)Nc1ccc(Cl)cc1. The lowest BCUT2D eigenvalue weighted by Crippen LogP contribution is -2.45. The third kappa shape index (κ3) is 4.97. The number of likely N-dealkylation sites (tertiary alicyclic amines) is 1. The van der Waals surface area contributed by atoms with Gasteiger partial charge >= 0.3 is 6.03 Å². The number of aryl methyl sites for hydroxylation is 1. The normalized spacial score (nSPS) is 16.4. The molecule has 32 heavy (non-hydrogen) atoms. The minimum atomic E-state index is -0.223. The molecule has 0 bridgehead atoms. The van der Waals surface area contributed by atoms with Crippen molar-refractivity contribution in [1.82, 2.24) is 14.8 Å². The van der Waals surface area contributed by atoms with Gasteiger partial charge in [0, 0.05) is 28.9 Å². The van der Waals surface area contributed by atoms with Crippen LogP contribution in [-0.2, 0) is 6.54 Å². The number of rotatable bonds is 6. The Kier molecular flexibility index (Phi) is 6.82. The smallest absolute Gasteiger partial charge is 0.321 e. The number of carbonyl (C=O) groups excluding carboxylic acids is 1. The first-order valence-electron chi connectivity index (χ1n) is 11.1. The molecule has 1 atom stereocenters. The first-order valence-corrected chi connectivity index (χ1v) is 11.5. The van der Waals surface area contributed by atoms with Gasteiger partial charge in [-0.3, -0.25) is 9.69 Å². The zero-order chi connectivity index (χ0) is 22.7. The molecule has 4 rings (SSSR count). The van der Waals surface area contributed by atoms with Crippen molar-refractivity contribution in [2.75, 3.05) is 25.0 Å². The van der Waals surface area contributed by atoms with Gasteiger partial charge in [0.15, 0.2) is 0 Å². The van der Waals surface area contributed by atoms with E-state index in [-0.39, 0.29) is 24.2 Å². The van der Waals surface area contributed by atoms with Crippen LogP contribution in [0.2, 0.25) is 5.02 Å². The fourth-order valence-electron chi connectivity index (χ4n) is 4.48. The van der Waals surface area contributed by atoms with Gasteiger partial charge in [0.25, 0.3) is 5.56 Å². The number of anilines is 1. The molecule has 1 saturated heterocycles. The summed E-state index contributed by atoms with van der Waals surface area (Å²) < 4.78 is 0. The third-order valence-corrected chi connectivity index (χ3v) is 6.50. The number of carbonyl (C=O) groups is 1. The number of amides is 2. The van der Waals surface area contributed by atoms with Crippen molar-refractivity contribution in [3.8, 4) is 0 Å². The second-order valence-electron chi connectivity index (χ2n) is 8.41. The predicted octanol–water partition coefficient (Wildman–Crippen LogP) is 5.01. The molecule has 2 N–H and O–H groups in total. The van der Waals surface area contributed by atoms with E-state index in [4.69, 9.17) is 11.6 Å². The molecule has 0 radical (unpaired) electrons. The molecule has 6 nitrogen and oxygen atoms in total. The number of hydrogen-bond acceptors (Lipinski definition) is 3. The Hall–Kier alpha value is -2.83. The van der Waals surface area contributed by atoms with Crippen molar-refractivity contribution in [1.29, 1.82) is 0 Å². The first-order chi connectivity index (χ1) is 15.4. The van der Waals surface area contributed by atoms with E-state index in [9.17, 15) is 9.59 Å². The Morgan fingerprint density at radius 1 is 1.25 bits per heavy atom. The second-order valence-corrected chi connectivity index (χ2v) is 8.84. The summed E-state index contributed by atoms with van der Waals surface area (Å²) in [6.45, 7) is 6.93. The lowest BCUT2D eigenvalue weighted by atomic mass is 10.1. The molecule has 2 heterocycles. The number of likely N-dealkylation sites (N-methyl/N-ethyl adjacent to an activating group) is 1. The molecule has 0 spiro atoms. The maximum atomic E-state index is 13.3. The topological polar surface area (TPSA) is 68.4 Å². The molecule has 2 aromatic carbocycles. The summed E-state index contributed by atoms with van der Waals surface area (Å²) in [4.78, 5) is 33.3. The van der Waals surface area contributed by atoms with Gasteiger partial charge in [0.2, 0.25) is 0 Å². The lowest BCUT2D eigenvalue weighted by Gasteiger charge is -2.30. The lowest BCUT2D eigenvalue weighted by molar-refractivity contribution is 0.174. The third-order valence-electron chi connectivity index (χ3n) is 6.25.